The number of halogens is 1. The van der Waals surface area contributed by atoms with Gasteiger partial charge in [-0.15, -0.1) is 0 Å². The van der Waals surface area contributed by atoms with E-state index in [0.717, 1.165) is 16.6 Å². The lowest BCUT2D eigenvalue weighted by Gasteiger charge is -2.17. The number of fused-ring (bicyclic) bond motifs is 2. The number of anilines is 1. The molecule has 2 amide bonds. The zero-order valence-electron chi connectivity index (χ0n) is 12.3. The molecule has 0 atom stereocenters. The van der Waals surface area contributed by atoms with Crippen molar-refractivity contribution in [1.29, 1.82) is 0 Å². The topological polar surface area (TPSA) is 87.2 Å². The Morgan fingerprint density at radius 1 is 1.21 bits per heavy atom. The second kappa shape index (κ2) is 5.58. The second-order valence-corrected chi connectivity index (χ2v) is 5.79. The van der Waals surface area contributed by atoms with Crippen LogP contribution in [0.2, 0.25) is 5.15 Å². The molecule has 0 unspecified atom stereocenters. The summed E-state index contributed by atoms with van der Waals surface area (Å²) in [5, 5.41) is 3.82. The molecule has 2 N–H and O–H groups in total. The van der Waals surface area contributed by atoms with Gasteiger partial charge in [0.05, 0.1) is 0 Å². The summed E-state index contributed by atoms with van der Waals surface area (Å²) in [6.45, 7) is 0. The average Bonchev–Trinajstić information content (AvgIpc) is 2.98. The van der Waals surface area contributed by atoms with Crippen molar-refractivity contribution >= 4 is 45.8 Å². The predicted molar refractivity (Wildman–Crippen MR) is 91.6 cm³/mol. The minimum absolute atomic E-state index is 0.184. The number of amides is 2. The Hall–Kier alpha value is -2.99. The summed E-state index contributed by atoms with van der Waals surface area (Å²) in [4.78, 5) is 35.4. The van der Waals surface area contributed by atoms with E-state index < -0.39 is 5.91 Å². The molecular formula is C17H11ClN4O2. The molecule has 2 aromatic heterocycles. The maximum Gasteiger partial charge on any atom is 0.293 e. The second-order valence-electron chi connectivity index (χ2n) is 5.41. The highest BCUT2D eigenvalue weighted by atomic mass is 35.5. The van der Waals surface area contributed by atoms with Crippen LogP contribution < -0.4 is 5.32 Å². The Kier molecular flexibility index (Phi) is 3.39. The molecular weight excluding hydrogens is 328 g/mol. The smallest absolute Gasteiger partial charge is 0.293 e. The highest BCUT2D eigenvalue weighted by molar-refractivity contribution is 6.46. The van der Waals surface area contributed by atoms with Gasteiger partial charge in [-0.3, -0.25) is 9.59 Å². The summed E-state index contributed by atoms with van der Waals surface area (Å²) in [6.07, 6.45) is 0.318. The van der Waals surface area contributed by atoms with E-state index in [1.54, 1.807) is 18.2 Å². The van der Waals surface area contributed by atoms with Crippen LogP contribution in [0.5, 0.6) is 0 Å². The first-order chi connectivity index (χ1) is 11.6. The molecule has 0 fully saturated rings. The van der Waals surface area contributed by atoms with E-state index in [9.17, 15) is 9.59 Å². The summed E-state index contributed by atoms with van der Waals surface area (Å²) in [6, 6.07) is 12.5. The number of hydrogen-bond donors (Lipinski definition) is 2. The SMILES string of the molecule is O=C1Nc2ccccc2CC1=NC(=O)c1cc2ccc(Cl)nc2[nH]1. The van der Waals surface area contributed by atoms with Crippen LogP contribution in [0.15, 0.2) is 47.5 Å². The molecule has 0 bridgehead atoms. The molecule has 3 aromatic rings. The molecule has 1 aromatic carbocycles. The number of aromatic amines is 1. The van der Waals surface area contributed by atoms with Crippen LogP contribution in [0.1, 0.15) is 16.1 Å². The molecule has 118 valence electrons. The van der Waals surface area contributed by atoms with E-state index in [-0.39, 0.29) is 17.3 Å². The van der Waals surface area contributed by atoms with Crippen molar-refractivity contribution in [2.24, 2.45) is 4.99 Å². The molecule has 7 heteroatoms. The van der Waals surface area contributed by atoms with Gasteiger partial charge in [0.1, 0.15) is 22.2 Å². The van der Waals surface area contributed by atoms with Crippen molar-refractivity contribution in [3.05, 3.63) is 58.9 Å². The Bertz CT molecular complexity index is 1020. The largest absolute Gasteiger partial charge is 0.335 e. The van der Waals surface area contributed by atoms with Crippen molar-refractivity contribution in [2.45, 2.75) is 6.42 Å². The van der Waals surface area contributed by atoms with E-state index in [1.807, 2.05) is 24.3 Å². The summed E-state index contributed by atoms with van der Waals surface area (Å²) in [7, 11) is 0. The van der Waals surface area contributed by atoms with Crippen molar-refractivity contribution in [2.75, 3.05) is 5.32 Å². The molecule has 24 heavy (non-hydrogen) atoms. The quantitative estimate of drug-likeness (QED) is 0.669. The van der Waals surface area contributed by atoms with Crippen molar-refractivity contribution in [3.8, 4) is 0 Å². The number of carbonyl (C=O) groups is 2. The minimum Gasteiger partial charge on any atom is -0.335 e. The summed E-state index contributed by atoms with van der Waals surface area (Å²) < 4.78 is 0. The van der Waals surface area contributed by atoms with Gasteiger partial charge in [-0.2, -0.15) is 0 Å². The standard InChI is InChI=1S/C17H11ClN4O2/c18-14-6-5-10-8-12(19-15(10)22-14)16(23)21-13-7-9-3-1-2-4-11(9)20-17(13)24/h1-6,8H,7H2,(H,19,22)(H,20,24). The number of nitrogens with zero attached hydrogens (tertiary/aromatic N) is 2. The zero-order valence-corrected chi connectivity index (χ0v) is 13.1. The number of benzene rings is 1. The average molecular weight is 339 g/mol. The molecule has 0 saturated heterocycles. The van der Waals surface area contributed by atoms with Gasteiger partial charge in [0, 0.05) is 17.5 Å². The van der Waals surface area contributed by atoms with Crippen molar-refractivity contribution in [1.82, 2.24) is 9.97 Å². The minimum atomic E-state index is -0.520. The van der Waals surface area contributed by atoms with Crippen LogP contribution in [-0.4, -0.2) is 27.5 Å². The lowest BCUT2D eigenvalue weighted by Crippen LogP contribution is -2.30. The van der Waals surface area contributed by atoms with Crippen LogP contribution in [-0.2, 0) is 11.2 Å². The van der Waals surface area contributed by atoms with E-state index >= 15 is 0 Å². The number of aromatic nitrogens is 2. The molecule has 0 radical (unpaired) electrons. The Morgan fingerprint density at radius 3 is 2.92 bits per heavy atom. The van der Waals surface area contributed by atoms with Gasteiger partial charge in [-0.25, -0.2) is 9.98 Å². The molecule has 0 spiro atoms. The first kappa shape index (κ1) is 14.6. The Balaban J connectivity index is 1.67. The van der Waals surface area contributed by atoms with Crippen molar-refractivity contribution in [3.63, 3.8) is 0 Å². The Morgan fingerprint density at radius 2 is 2.04 bits per heavy atom. The van der Waals surface area contributed by atoms with Crippen LogP contribution in [0.25, 0.3) is 11.0 Å². The lowest BCUT2D eigenvalue weighted by atomic mass is 10.0. The first-order valence-electron chi connectivity index (χ1n) is 7.26. The first-order valence-corrected chi connectivity index (χ1v) is 7.64. The van der Waals surface area contributed by atoms with Gasteiger partial charge in [0.15, 0.2) is 0 Å². The fourth-order valence-corrected chi connectivity index (χ4v) is 2.77. The number of nitrogens with one attached hydrogen (secondary N) is 2. The number of hydrogen-bond acceptors (Lipinski definition) is 3. The molecule has 6 nitrogen and oxygen atoms in total. The number of aliphatic imine (C=N–C) groups is 1. The van der Waals surface area contributed by atoms with Gasteiger partial charge in [0.25, 0.3) is 11.8 Å². The third-order valence-electron chi connectivity index (χ3n) is 3.80. The van der Waals surface area contributed by atoms with Gasteiger partial charge in [-0.05, 0) is 29.8 Å². The Labute approximate surface area is 141 Å². The van der Waals surface area contributed by atoms with Crippen LogP contribution in [0.3, 0.4) is 0 Å². The fourth-order valence-electron chi connectivity index (χ4n) is 2.62. The zero-order chi connectivity index (χ0) is 16.7. The molecule has 0 aliphatic carbocycles. The highest BCUT2D eigenvalue weighted by Gasteiger charge is 2.22. The third-order valence-corrected chi connectivity index (χ3v) is 4.01. The van der Waals surface area contributed by atoms with Crippen LogP contribution in [0.4, 0.5) is 5.69 Å². The van der Waals surface area contributed by atoms with Crippen LogP contribution >= 0.6 is 11.6 Å². The number of H-pyrrole nitrogens is 1. The van der Waals surface area contributed by atoms with Crippen molar-refractivity contribution < 1.29 is 9.59 Å². The number of para-hydroxylation sites is 1. The van der Waals surface area contributed by atoms with E-state index in [2.05, 4.69) is 20.3 Å². The van der Waals surface area contributed by atoms with E-state index in [4.69, 9.17) is 11.6 Å². The molecule has 0 saturated carbocycles. The number of rotatable bonds is 1. The van der Waals surface area contributed by atoms with Gasteiger partial charge >= 0.3 is 0 Å². The lowest BCUT2D eigenvalue weighted by molar-refractivity contribution is -0.110. The van der Waals surface area contributed by atoms with Gasteiger partial charge in [-0.1, -0.05) is 29.8 Å². The maximum atomic E-state index is 12.4. The maximum absolute atomic E-state index is 12.4. The third kappa shape index (κ3) is 2.57. The highest BCUT2D eigenvalue weighted by Crippen LogP contribution is 2.21. The fraction of sp³-hybridized carbons (Fsp3) is 0.0588. The summed E-state index contributed by atoms with van der Waals surface area (Å²) >= 11 is 5.83. The van der Waals surface area contributed by atoms with E-state index in [0.29, 0.717) is 17.2 Å². The monoisotopic (exact) mass is 338 g/mol. The number of carbonyl (C=O) groups excluding carboxylic acids is 2. The van der Waals surface area contributed by atoms with Gasteiger partial charge < -0.3 is 10.3 Å². The van der Waals surface area contributed by atoms with E-state index in [1.165, 1.54) is 0 Å². The van der Waals surface area contributed by atoms with Crippen LogP contribution in [0, 0.1) is 0 Å². The molecule has 3 heterocycles. The number of pyridine rings is 1. The molecule has 4 rings (SSSR count). The summed E-state index contributed by atoms with van der Waals surface area (Å²) in [5.74, 6) is -0.881. The molecule has 1 aliphatic heterocycles. The summed E-state index contributed by atoms with van der Waals surface area (Å²) in [5.41, 5.74) is 2.62. The van der Waals surface area contributed by atoms with Gasteiger partial charge in [0.2, 0.25) is 0 Å². The normalized spacial score (nSPS) is 15.4. The predicted octanol–water partition coefficient (Wildman–Crippen LogP) is 2.99. The molecule has 1 aliphatic rings.